The molecule has 0 aliphatic rings. The number of nitro groups is 1. The maximum atomic E-state index is 11.2. The van der Waals surface area contributed by atoms with Gasteiger partial charge in [0.25, 0.3) is 5.69 Å². The second-order valence-corrected chi connectivity index (χ2v) is 5.49. The van der Waals surface area contributed by atoms with Gasteiger partial charge in [0.2, 0.25) is 5.91 Å². The Kier molecular flexibility index (Phi) is 5.59. The van der Waals surface area contributed by atoms with E-state index >= 15 is 0 Å². The molecule has 0 bridgehead atoms. The molecule has 0 fully saturated rings. The summed E-state index contributed by atoms with van der Waals surface area (Å²) in [5, 5.41) is 11.8. The number of rotatable bonds is 7. The van der Waals surface area contributed by atoms with E-state index in [2.05, 4.69) is 0 Å². The van der Waals surface area contributed by atoms with Crippen molar-refractivity contribution in [1.29, 1.82) is 0 Å². The van der Waals surface area contributed by atoms with Gasteiger partial charge >= 0.3 is 0 Å². The number of halogens is 1. The molecule has 0 heterocycles. The normalized spacial score (nSPS) is 10.2. The minimum atomic E-state index is -0.710. The molecule has 2 N–H and O–H groups in total. The molecule has 0 radical (unpaired) electrons. The molecule has 0 aromatic heterocycles. The SMILES string of the molecule is CN(CCOc1ccc(Cl)cc1)c1ccc(C(N)=O)cc1[N+](=O)[O-]. The monoisotopic (exact) mass is 349 g/mol. The van der Waals surface area contributed by atoms with Crippen LogP contribution in [0.1, 0.15) is 10.4 Å². The van der Waals surface area contributed by atoms with Crippen molar-refractivity contribution in [3.05, 3.63) is 63.2 Å². The lowest BCUT2D eigenvalue weighted by Crippen LogP contribution is -2.24. The number of anilines is 1. The maximum absolute atomic E-state index is 11.2. The van der Waals surface area contributed by atoms with Gasteiger partial charge in [-0.15, -0.1) is 0 Å². The molecule has 24 heavy (non-hydrogen) atoms. The average Bonchev–Trinajstić information content (AvgIpc) is 2.55. The quantitative estimate of drug-likeness (QED) is 0.612. The fourth-order valence-corrected chi connectivity index (χ4v) is 2.22. The molecule has 126 valence electrons. The van der Waals surface area contributed by atoms with Crippen LogP contribution < -0.4 is 15.4 Å². The van der Waals surface area contributed by atoms with Gasteiger partial charge in [-0.2, -0.15) is 0 Å². The molecule has 0 saturated heterocycles. The van der Waals surface area contributed by atoms with E-state index in [0.29, 0.717) is 29.6 Å². The minimum absolute atomic E-state index is 0.0938. The van der Waals surface area contributed by atoms with Gasteiger partial charge in [-0.05, 0) is 36.4 Å². The number of hydrogen-bond acceptors (Lipinski definition) is 5. The van der Waals surface area contributed by atoms with Crippen LogP contribution in [0.15, 0.2) is 42.5 Å². The lowest BCUT2D eigenvalue weighted by Gasteiger charge is -2.19. The molecule has 0 saturated carbocycles. The van der Waals surface area contributed by atoms with Crippen molar-refractivity contribution < 1.29 is 14.5 Å². The summed E-state index contributed by atoms with van der Waals surface area (Å²) in [5.74, 6) is -0.0512. The van der Waals surface area contributed by atoms with Crippen molar-refractivity contribution in [2.24, 2.45) is 5.73 Å². The summed E-state index contributed by atoms with van der Waals surface area (Å²) >= 11 is 5.80. The second kappa shape index (κ2) is 7.65. The highest BCUT2D eigenvalue weighted by Crippen LogP contribution is 2.28. The Balaban J connectivity index is 2.05. The van der Waals surface area contributed by atoms with E-state index in [1.54, 1.807) is 36.2 Å². The predicted molar refractivity (Wildman–Crippen MR) is 91.8 cm³/mol. The van der Waals surface area contributed by atoms with E-state index in [0.717, 1.165) is 0 Å². The summed E-state index contributed by atoms with van der Waals surface area (Å²) in [4.78, 5) is 23.5. The Bertz CT molecular complexity index is 749. The molecule has 7 nitrogen and oxygen atoms in total. The molecular formula is C16H16ClN3O4. The molecule has 0 aliphatic heterocycles. The molecule has 0 atom stereocenters. The first kappa shape index (κ1) is 17.6. The Hall–Kier alpha value is -2.80. The number of carbonyl (C=O) groups is 1. The summed E-state index contributed by atoms with van der Waals surface area (Å²) in [6.45, 7) is 0.742. The van der Waals surface area contributed by atoms with Gasteiger partial charge in [-0.3, -0.25) is 14.9 Å². The van der Waals surface area contributed by atoms with Gasteiger partial charge in [-0.25, -0.2) is 0 Å². The van der Waals surface area contributed by atoms with Crippen LogP contribution in [0.2, 0.25) is 5.02 Å². The van der Waals surface area contributed by atoms with Crippen LogP contribution in [-0.4, -0.2) is 31.0 Å². The zero-order valence-corrected chi connectivity index (χ0v) is 13.7. The van der Waals surface area contributed by atoms with Crippen LogP contribution in [0.25, 0.3) is 0 Å². The fraction of sp³-hybridized carbons (Fsp3) is 0.188. The number of carbonyl (C=O) groups excluding carboxylic acids is 1. The van der Waals surface area contributed by atoms with Crippen molar-refractivity contribution in [1.82, 2.24) is 0 Å². The molecule has 0 spiro atoms. The smallest absolute Gasteiger partial charge is 0.293 e. The van der Waals surface area contributed by atoms with Crippen molar-refractivity contribution >= 4 is 28.9 Å². The Labute approximate surface area is 143 Å². The van der Waals surface area contributed by atoms with Crippen LogP contribution in [0.4, 0.5) is 11.4 Å². The van der Waals surface area contributed by atoms with Gasteiger partial charge in [-0.1, -0.05) is 11.6 Å². The van der Waals surface area contributed by atoms with Crippen molar-refractivity contribution in [2.75, 3.05) is 25.1 Å². The Morgan fingerprint density at radius 1 is 1.29 bits per heavy atom. The topological polar surface area (TPSA) is 98.7 Å². The average molecular weight is 350 g/mol. The summed E-state index contributed by atoms with van der Waals surface area (Å²) in [6.07, 6.45) is 0. The van der Waals surface area contributed by atoms with Crippen LogP contribution in [0, 0.1) is 10.1 Å². The maximum Gasteiger partial charge on any atom is 0.293 e. The van der Waals surface area contributed by atoms with Crippen molar-refractivity contribution in [3.63, 3.8) is 0 Å². The third-order valence-corrected chi connectivity index (χ3v) is 3.63. The zero-order valence-electron chi connectivity index (χ0n) is 12.9. The number of likely N-dealkylation sites (N-methyl/N-ethyl adjacent to an activating group) is 1. The van der Waals surface area contributed by atoms with E-state index in [9.17, 15) is 14.9 Å². The third kappa shape index (κ3) is 4.36. The first-order valence-corrected chi connectivity index (χ1v) is 7.44. The Morgan fingerprint density at radius 2 is 1.96 bits per heavy atom. The van der Waals surface area contributed by atoms with Crippen molar-refractivity contribution in [3.8, 4) is 5.75 Å². The number of hydrogen-bond donors (Lipinski definition) is 1. The highest BCUT2D eigenvalue weighted by Gasteiger charge is 2.19. The summed E-state index contributed by atoms with van der Waals surface area (Å²) in [7, 11) is 1.71. The predicted octanol–water partition coefficient (Wildman–Crippen LogP) is 2.86. The second-order valence-electron chi connectivity index (χ2n) is 5.05. The zero-order chi connectivity index (χ0) is 17.7. The molecule has 8 heteroatoms. The number of nitrogens with two attached hydrogens (primary N) is 1. The minimum Gasteiger partial charge on any atom is -0.492 e. The van der Waals surface area contributed by atoms with E-state index in [-0.39, 0.29) is 11.3 Å². The summed E-state index contributed by atoms with van der Waals surface area (Å²) in [6, 6.07) is 11.1. The number of amides is 1. The third-order valence-electron chi connectivity index (χ3n) is 3.38. The molecule has 1 amide bonds. The standard InChI is InChI=1S/C16H16ClN3O4/c1-19(8-9-24-13-5-3-12(17)4-6-13)14-7-2-11(16(18)21)10-15(14)20(22)23/h2-7,10H,8-9H2,1H3,(H2,18,21). The van der Waals surface area contributed by atoms with Gasteiger partial charge in [0.15, 0.2) is 0 Å². The molecule has 2 rings (SSSR count). The van der Waals surface area contributed by atoms with Gasteiger partial charge in [0.05, 0.1) is 11.5 Å². The number of ether oxygens (including phenoxy) is 1. The molecule has 2 aromatic carbocycles. The van der Waals surface area contributed by atoms with Crippen LogP contribution in [0.3, 0.4) is 0 Å². The fourth-order valence-electron chi connectivity index (χ4n) is 2.10. The first-order chi connectivity index (χ1) is 11.4. The number of nitrogens with zero attached hydrogens (tertiary/aromatic N) is 2. The van der Waals surface area contributed by atoms with E-state index in [1.807, 2.05) is 0 Å². The van der Waals surface area contributed by atoms with Gasteiger partial charge in [0.1, 0.15) is 18.0 Å². The van der Waals surface area contributed by atoms with Gasteiger partial charge in [0, 0.05) is 23.7 Å². The molecule has 0 unspecified atom stereocenters. The van der Waals surface area contributed by atoms with Crippen molar-refractivity contribution in [2.45, 2.75) is 0 Å². The largest absolute Gasteiger partial charge is 0.492 e. The van der Waals surface area contributed by atoms with Crippen LogP contribution in [-0.2, 0) is 0 Å². The summed E-state index contributed by atoms with van der Waals surface area (Å²) in [5.41, 5.74) is 5.45. The molecular weight excluding hydrogens is 334 g/mol. The Morgan fingerprint density at radius 3 is 2.54 bits per heavy atom. The lowest BCUT2D eigenvalue weighted by molar-refractivity contribution is -0.384. The van der Waals surface area contributed by atoms with E-state index < -0.39 is 10.8 Å². The van der Waals surface area contributed by atoms with Gasteiger partial charge < -0.3 is 15.4 Å². The van der Waals surface area contributed by atoms with Crippen LogP contribution >= 0.6 is 11.6 Å². The van der Waals surface area contributed by atoms with E-state index in [1.165, 1.54) is 18.2 Å². The first-order valence-electron chi connectivity index (χ1n) is 7.06. The van der Waals surface area contributed by atoms with Crippen LogP contribution in [0.5, 0.6) is 5.75 Å². The molecule has 2 aromatic rings. The number of primary amides is 1. The number of nitro benzene ring substituents is 1. The number of benzene rings is 2. The highest BCUT2D eigenvalue weighted by molar-refractivity contribution is 6.30. The summed E-state index contributed by atoms with van der Waals surface area (Å²) < 4.78 is 5.57. The van der Waals surface area contributed by atoms with E-state index in [4.69, 9.17) is 22.1 Å². The highest BCUT2D eigenvalue weighted by atomic mass is 35.5. The lowest BCUT2D eigenvalue weighted by atomic mass is 10.1. The molecule has 0 aliphatic carbocycles.